The number of carbonyl (C=O) groups excluding carboxylic acids is 1. The Bertz CT molecular complexity index is 96.7. The molecule has 2 nitrogen and oxygen atoms in total. The summed E-state index contributed by atoms with van der Waals surface area (Å²) in [4.78, 5) is 10.4. The van der Waals surface area contributed by atoms with Gasteiger partial charge in [0.05, 0.1) is 0 Å². The van der Waals surface area contributed by atoms with Gasteiger partial charge in [0.25, 0.3) is 0 Å². The molecule has 0 rings (SSSR count). The van der Waals surface area contributed by atoms with E-state index in [0.29, 0.717) is 6.54 Å². The standard InChI is InChI=1S/C6H11NO/c1-3-5-6(8)7-4-2/h3,5H,4H2,1-2H3,(H,7,8). The Kier molecular flexibility index (Phi) is 3.94. The molecule has 0 aliphatic rings. The average Bonchev–Trinajstić information content (AvgIpc) is 1.68. The predicted molar refractivity (Wildman–Crippen MR) is 33.5 cm³/mol. The molecular weight excluding hydrogens is 102 g/mol. The average molecular weight is 113 g/mol. The summed E-state index contributed by atoms with van der Waals surface area (Å²) in [5.41, 5.74) is 0. The minimum absolute atomic E-state index is 0.0185. The molecule has 0 aromatic rings. The van der Waals surface area contributed by atoms with E-state index in [1.54, 1.807) is 6.08 Å². The molecule has 1 amide bonds. The van der Waals surface area contributed by atoms with E-state index in [1.165, 1.54) is 6.08 Å². The first-order chi connectivity index (χ1) is 3.81. The van der Waals surface area contributed by atoms with E-state index >= 15 is 0 Å². The largest absolute Gasteiger partial charge is 0.353 e. The van der Waals surface area contributed by atoms with E-state index in [2.05, 4.69) is 5.32 Å². The smallest absolute Gasteiger partial charge is 0.243 e. The number of rotatable bonds is 2. The van der Waals surface area contributed by atoms with Crippen LogP contribution in [0.1, 0.15) is 13.8 Å². The van der Waals surface area contributed by atoms with Crippen molar-refractivity contribution in [2.45, 2.75) is 13.8 Å². The molecule has 2 heteroatoms. The van der Waals surface area contributed by atoms with E-state index in [0.717, 1.165) is 0 Å². The third-order valence-electron chi connectivity index (χ3n) is 0.669. The van der Waals surface area contributed by atoms with Gasteiger partial charge < -0.3 is 5.32 Å². The zero-order valence-electron chi connectivity index (χ0n) is 5.27. The van der Waals surface area contributed by atoms with Gasteiger partial charge in [-0.25, -0.2) is 0 Å². The second-order valence-corrected chi connectivity index (χ2v) is 1.39. The highest BCUT2D eigenvalue weighted by Crippen LogP contribution is 1.68. The Hall–Kier alpha value is -0.790. The van der Waals surface area contributed by atoms with Crippen molar-refractivity contribution in [3.8, 4) is 0 Å². The summed E-state index contributed by atoms with van der Waals surface area (Å²) in [6.45, 7) is 4.40. The number of carbonyl (C=O) groups is 1. The van der Waals surface area contributed by atoms with Gasteiger partial charge >= 0.3 is 0 Å². The van der Waals surface area contributed by atoms with E-state index in [4.69, 9.17) is 0 Å². The van der Waals surface area contributed by atoms with Crippen molar-refractivity contribution >= 4 is 5.91 Å². The van der Waals surface area contributed by atoms with Crippen LogP contribution in [0.5, 0.6) is 0 Å². The summed E-state index contributed by atoms with van der Waals surface area (Å²) in [5, 5.41) is 2.62. The molecule has 0 heterocycles. The highest BCUT2D eigenvalue weighted by Gasteiger charge is 1.85. The Morgan fingerprint density at radius 2 is 2.38 bits per heavy atom. The van der Waals surface area contributed by atoms with Crippen molar-refractivity contribution < 1.29 is 4.79 Å². The first-order valence-corrected chi connectivity index (χ1v) is 2.71. The maximum atomic E-state index is 10.4. The lowest BCUT2D eigenvalue weighted by Crippen LogP contribution is -2.19. The third-order valence-corrected chi connectivity index (χ3v) is 0.669. The van der Waals surface area contributed by atoms with Crippen molar-refractivity contribution in [2.75, 3.05) is 6.54 Å². The molecule has 0 aliphatic carbocycles. The van der Waals surface area contributed by atoms with Crippen LogP contribution in [0.4, 0.5) is 0 Å². The number of amides is 1. The van der Waals surface area contributed by atoms with Gasteiger partial charge in [0.15, 0.2) is 0 Å². The Labute approximate surface area is 49.6 Å². The van der Waals surface area contributed by atoms with Crippen LogP contribution < -0.4 is 5.32 Å². The highest BCUT2D eigenvalue weighted by molar-refractivity contribution is 5.87. The fourth-order valence-corrected chi connectivity index (χ4v) is 0.385. The first kappa shape index (κ1) is 7.21. The Balaban J connectivity index is 3.33. The molecule has 0 aromatic heterocycles. The maximum absolute atomic E-state index is 10.4. The topological polar surface area (TPSA) is 29.1 Å². The number of hydrogen-bond donors (Lipinski definition) is 1. The lowest BCUT2D eigenvalue weighted by atomic mass is 10.5. The number of allylic oxidation sites excluding steroid dienone is 1. The molecule has 0 saturated heterocycles. The van der Waals surface area contributed by atoms with Gasteiger partial charge in [-0.05, 0) is 19.9 Å². The van der Waals surface area contributed by atoms with Crippen LogP contribution in [0.15, 0.2) is 12.2 Å². The Morgan fingerprint density at radius 1 is 1.75 bits per heavy atom. The Morgan fingerprint density at radius 3 is 2.75 bits per heavy atom. The summed E-state index contributed by atoms with van der Waals surface area (Å²) < 4.78 is 0. The highest BCUT2D eigenvalue weighted by atomic mass is 16.1. The number of likely N-dealkylation sites (N-methyl/N-ethyl adjacent to an activating group) is 1. The summed E-state index contributed by atoms with van der Waals surface area (Å²) in [6, 6.07) is 0. The van der Waals surface area contributed by atoms with Gasteiger partial charge in [0.2, 0.25) is 5.91 Å². The molecule has 0 spiro atoms. The molecule has 1 N–H and O–H groups in total. The fourth-order valence-electron chi connectivity index (χ4n) is 0.385. The lowest BCUT2D eigenvalue weighted by molar-refractivity contribution is -0.116. The van der Waals surface area contributed by atoms with E-state index in [-0.39, 0.29) is 5.91 Å². The summed E-state index contributed by atoms with van der Waals surface area (Å²) in [6.07, 6.45) is 3.22. The number of nitrogens with one attached hydrogen (secondary N) is 1. The quantitative estimate of drug-likeness (QED) is 0.525. The van der Waals surface area contributed by atoms with E-state index in [1.807, 2.05) is 13.8 Å². The zero-order valence-corrected chi connectivity index (χ0v) is 5.27. The summed E-state index contributed by atoms with van der Waals surface area (Å²) in [7, 11) is 0. The molecule has 0 aromatic carbocycles. The monoisotopic (exact) mass is 113 g/mol. The van der Waals surface area contributed by atoms with Gasteiger partial charge in [-0.3, -0.25) is 4.79 Å². The van der Waals surface area contributed by atoms with E-state index in [9.17, 15) is 4.79 Å². The normalized spacial score (nSPS) is 9.75. The molecule has 0 saturated carbocycles. The van der Waals surface area contributed by atoms with Crippen LogP contribution in [0.2, 0.25) is 0 Å². The molecule has 8 heavy (non-hydrogen) atoms. The van der Waals surface area contributed by atoms with Gasteiger partial charge in [0.1, 0.15) is 0 Å². The molecule has 0 atom stereocenters. The van der Waals surface area contributed by atoms with Crippen LogP contribution in [0.25, 0.3) is 0 Å². The molecule has 0 aliphatic heterocycles. The molecule has 0 bridgehead atoms. The minimum Gasteiger partial charge on any atom is -0.353 e. The zero-order chi connectivity index (χ0) is 6.41. The van der Waals surface area contributed by atoms with Crippen molar-refractivity contribution in [1.82, 2.24) is 5.32 Å². The van der Waals surface area contributed by atoms with Gasteiger partial charge in [-0.2, -0.15) is 0 Å². The first-order valence-electron chi connectivity index (χ1n) is 2.71. The lowest BCUT2D eigenvalue weighted by Gasteiger charge is -1.91. The molecule has 0 fully saturated rings. The SMILES string of the molecule is CC=CC(=O)NCC. The molecule has 0 unspecified atom stereocenters. The third kappa shape index (κ3) is 3.40. The summed E-state index contributed by atoms with van der Waals surface area (Å²) >= 11 is 0. The van der Waals surface area contributed by atoms with Crippen molar-refractivity contribution in [2.24, 2.45) is 0 Å². The van der Waals surface area contributed by atoms with Gasteiger partial charge in [0, 0.05) is 6.54 Å². The van der Waals surface area contributed by atoms with Crippen LogP contribution in [-0.2, 0) is 4.79 Å². The van der Waals surface area contributed by atoms with Gasteiger partial charge in [-0.15, -0.1) is 0 Å². The van der Waals surface area contributed by atoms with E-state index < -0.39 is 0 Å². The van der Waals surface area contributed by atoms with Crippen LogP contribution in [0, 0.1) is 0 Å². The molecule has 46 valence electrons. The fraction of sp³-hybridized carbons (Fsp3) is 0.500. The second kappa shape index (κ2) is 4.37. The molecule has 0 radical (unpaired) electrons. The van der Waals surface area contributed by atoms with Crippen molar-refractivity contribution in [1.29, 1.82) is 0 Å². The van der Waals surface area contributed by atoms with Gasteiger partial charge in [-0.1, -0.05) is 6.08 Å². The van der Waals surface area contributed by atoms with Crippen molar-refractivity contribution in [3.05, 3.63) is 12.2 Å². The van der Waals surface area contributed by atoms with Crippen LogP contribution in [-0.4, -0.2) is 12.5 Å². The predicted octanol–water partition coefficient (Wildman–Crippen LogP) is 0.699. The van der Waals surface area contributed by atoms with Crippen LogP contribution in [0.3, 0.4) is 0 Å². The van der Waals surface area contributed by atoms with Crippen LogP contribution >= 0.6 is 0 Å². The second-order valence-electron chi connectivity index (χ2n) is 1.39. The van der Waals surface area contributed by atoms with Crippen molar-refractivity contribution in [3.63, 3.8) is 0 Å². The summed E-state index contributed by atoms with van der Waals surface area (Å²) in [5.74, 6) is -0.0185. The maximum Gasteiger partial charge on any atom is 0.243 e. The number of hydrogen-bond acceptors (Lipinski definition) is 1. The molecular formula is C6H11NO. The minimum atomic E-state index is -0.0185.